The van der Waals surface area contributed by atoms with Gasteiger partial charge in [-0.05, 0) is 28.1 Å². The number of hydrogen-bond acceptors (Lipinski definition) is 3. The normalized spacial score (nSPS) is 9.67. The van der Waals surface area contributed by atoms with Gasteiger partial charge in [-0.25, -0.2) is 4.98 Å². The molecule has 1 rings (SSSR count). The molecule has 0 spiro atoms. The summed E-state index contributed by atoms with van der Waals surface area (Å²) >= 11 is 3.21. The number of aromatic nitrogens is 1. The van der Waals surface area contributed by atoms with Crippen LogP contribution in [-0.2, 0) is 9.59 Å². The molecule has 0 saturated heterocycles. The largest absolute Gasteiger partial charge is 0.481 e. The second kappa shape index (κ2) is 5.45. The van der Waals surface area contributed by atoms with Crippen LogP contribution in [-0.4, -0.2) is 22.0 Å². The number of pyridine rings is 1. The fraction of sp³-hybridized carbons (Fsp3) is 0.222. The van der Waals surface area contributed by atoms with Gasteiger partial charge in [-0.1, -0.05) is 0 Å². The summed E-state index contributed by atoms with van der Waals surface area (Å²) in [6, 6.07) is 3.46. The van der Waals surface area contributed by atoms with Crippen LogP contribution in [0.15, 0.2) is 22.8 Å². The van der Waals surface area contributed by atoms with E-state index in [1.54, 1.807) is 12.1 Å². The fourth-order valence-electron chi connectivity index (χ4n) is 0.893. The first-order chi connectivity index (χ1) is 7.09. The molecule has 15 heavy (non-hydrogen) atoms. The third kappa shape index (κ3) is 4.07. The van der Waals surface area contributed by atoms with Crippen molar-refractivity contribution in [2.24, 2.45) is 0 Å². The molecule has 0 aliphatic rings. The number of rotatable bonds is 4. The molecule has 0 fully saturated rings. The van der Waals surface area contributed by atoms with Gasteiger partial charge >= 0.3 is 5.97 Å². The summed E-state index contributed by atoms with van der Waals surface area (Å²) in [7, 11) is 0. The van der Waals surface area contributed by atoms with Crippen molar-refractivity contribution < 1.29 is 14.7 Å². The summed E-state index contributed by atoms with van der Waals surface area (Å²) in [6.45, 7) is 0. The fourth-order valence-corrected chi connectivity index (χ4v) is 1.25. The summed E-state index contributed by atoms with van der Waals surface area (Å²) in [5, 5.41) is 10.9. The van der Waals surface area contributed by atoms with Crippen molar-refractivity contribution >= 4 is 33.6 Å². The monoisotopic (exact) mass is 272 g/mol. The zero-order valence-corrected chi connectivity index (χ0v) is 9.32. The van der Waals surface area contributed by atoms with Crippen molar-refractivity contribution in [2.75, 3.05) is 5.32 Å². The Bertz CT molecular complexity index is 381. The van der Waals surface area contributed by atoms with Crippen LogP contribution in [0.25, 0.3) is 0 Å². The highest BCUT2D eigenvalue weighted by Gasteiger charge is 2.07. The SMILES string of the molecule is O=C(O)CCC(=O)Nc1ncccc1Br. The number of halogens is 1. The molecule has 0 atom stereocenters. The lowest BCUT2D eigenvalue weighted by atomic mass is 10.3. The minimum Gasteiger partial charge on any atom is -0.481 e. The molecule has 0 unspecified atom stereocenters. The molecule has 0 saturated carbocycles. The third-order valence-corrected chi connectivity index (χ3v) is 2.22. The van der Waals surface area contributed by atoms with Crippen LogP contribution in [0.4, 0.5) is 5.82 Å². The van der Waals surface area contributed by atoms with E-state index in [1.165, 1.54) is 6.20 Å². The van der Waals surface area contributed by atoms with Crippen LogP contribution < -0.4 is 5.32 Å². The molecule has 1 aromatic rings. The van der Waals surface area contributed by atoms with Crippen molar-refractivity contribution in [1.82, 2.24) is 4.98 Å². The highest BCUT2D eigenvalue weighted by atomic mass is 79.9. The number of carbonyl (C=O) groups excluding carboxylic acids is 1. The Hall–Kier alpha value is -1.43. The van der Waals surface area contributed by atoms with Crippen LogP contribution in [0.2, 0.25) is 0 Å². The predicted octanol–water partition coefficient (Wildman–Crippen LogP) is 1.65. The topological polar surface area (TPSA) is 79.3 Å². The summed E-state index contributed by atoms with van der Waals surface area (Å²) in [5.74, 6) is -0.963. The van der Waals surface area contributed by atoms with E-state index in [-0.39, 0.29) is 18.7 Å². The van der Waals surface area contributed by atoms with Gasteiger partial charge in [0.05, 0.1) is 10.9 Å². The average Bonchev–Trinajstić information content (AvgIpc) is 2.18. The number of aliphatic carboxylic acids is 1. The Balaban J connectivity index is 2.52. The molecule has 1 aromatic heterocycles. The van der Waals surface area contributed by atoms with Crippen molar-refractivity contribution in [3.8, 4) is 0 Å². The molecule has 80 valence electrons. The quantitative estimate of drug-likeness (QED) is 0.874. The van der Waals surface area contributed by atoms with Gasteiger partial charge in [0.15, 0.2) is 0 Å². The Labute approximate surface area is 94.6 Å². The number of nitrogens with one attached hydrogen (secondary N) is 1. The summed E-state index contributed by atoms with van der Waals surface area (Å²) in [5.41, 5.74) is 0. The van der Waals surface area contributed by atoms with E-state index in [9.17, 15) is 9.59 Å². The second-order valence-electron chi connectivity index (χ2n) is 2.78. The number of carboxylic acid groups (broad SMARTS) is 1. The molecule has 1 amide bonds. The first-order valence-corrected chi connectivity index (χ1v) is 5.01. The number of carboxylic acids is 1. The third-order valence-electron chi connectivity index (χ3n) is 1.58. The highest BCUT2D eigenvalue weighted by Crippen LogP contribution is 2.18. The molecule has 1 heterocycles. The Morgan fingerprint density at radius 2 is 2.20 bits per heavy atom. The van der Waals surface area contributed by atoms with Gasteiger partial charge < -0.3 is 10.4 Å². The molecule has 0 bridgehead atoms. The molecule has 0 aromatic carbocycles. The van der Waals surface area contributed by atoms with Crippen molar-refractivity contribution in [3.05, 3.63) is 22.8 Å². The van der Waals surface area contributed by atoms with Crippen molar-refractivity contribution in [2.45, 2.75) is 12.8 Å². The van der Waals surface area contributed by atoms with Crippen LogP contribution in [0.5, 0.6) is 0 Å². The minimum atomic E-state index is -0.995. The smallest absolute Gasteiger partial charge is 0.303 e. The van der Waals surface area contributed by atoms with E-state index in [2.05, 4.69) is 26.2 Å². The summed E-state index contributed by atoms with van der Waals surface area (Å²) in [6.07, 6.45) is 1.30. The van der Waals surface area contributed by atoms with E-state index >= 15 is 0 Å². The predicted molar refractivity (Wildman–Crippen MR) is 57.4 cm³/mol. The maximum absolute atomic E-state index is 11.2. The Kier molecular flexibility index (Phi) is 4.23. The maximum Gasteiger partial charge on any atom is 0.303 e. The average molecular weight is 273 g/mol. The van der Waals surface area contributed by atoms with Crippen molar-refractivity contribution in [1.29, 1.82) is 0 Å². The lowest BCUT2D eigenvalue weighted by Crippen LogP contribution is -2.14. The molecule has 0 radical (unpaired) electrons. The van der Waals surface area contributed by atoms with Crippen LogP contribution >= 0.6 is 15.9 Å². The lowest BCUT2D eigenvalue weighted by Gasteiger charge is -2.04. The van der Waals surface area contributed by atoms with Gasteiger partial charge in [0.1, 0.15) is 5.82 Å². The summed E-state index contributed by atoms with van der Waals surface area (Å²) in [4.78, 5) is 25.4. The van der Waals surface area contributed by atoms with Gasteiger partial charge in [-0.2, -0.15) is 0 Å². The van der Waals surface area contributed by atoms with Gasteiger partial charge in [0, 0.05) is 12.6 Å². The second-order valence-corrected chi connectivity index (χ2v) is 3.63. The standard InChI is InChI=1S/C9H9BrN2O3/c10-6-2-1-5-11-9(6)12-7(13)3-4-8(14)15/h1-2,5H,3-4H2,(H,14,15)(H,11,12,13). The Morgan fingerprint density at radius 1 is 1.47 bits per heavy atom. The number of hydrogen-bond donors (Lipinski definition) is 2. The number of nitrogens with zero attached hydrogens (tertiary/aromatic N) is 1. The van der Waals surface area contributed by atoms with E-state index in [0.29, 0.717) is 10.3 Å². The number of carbonyl (C=O) groups is 2. The number of amides is 1. The Morgan fingerprint density at radius 3 is 2.80 bits per heavy atom. The lowest BCUT2D eigenvalue weighted by molar-refractivity contribution is -0.138. The molecule has 2 N–H and O–H groups in total. The van der Waals surface area contributed by atoms with Gasteiger partial charge in [0.2, 0.25) is 5.91 Å². The summed E-state index contributed by atoms with van der Waals surface area (Å²) < 4.78 is 0.661. The van der Waals surface area contributed by atoms with Gasteiger partial charge in [-0.15, -0.1) is 0 Å². The van der Waals surface area contributed by atoms with Crippen LogP contribution in [0.3, 0.4) is 0 Å². The molecule has 0 aliphatic carbocycles. The molecule has 0 aliphatic heterocycles. The zero-order valence-electron chi connectivity index (χ0n) is 7.74. The van der Waals surface area contributed by atoms with Crippen LogP contribution in [0.1, 0.15) is 12.8 Å². The first-order valence-electron chi connectivity index (χ1n) is 4.22. The highest BCUT2D eigenvalue weighted by molar-refractivity contribution is 9.10. The molecule has 5 nitrogen and oxygen atoms in total. The molecule has 6 heteroatoms. The van der Waals surface area contributed by atoms with Crippen molar-refractivity contribution in [3.63, 3.8) is 0 Å². The zero-order chi connectivity index (χ0) is 11.3. The van der Waals surface area contributed by atoms with E-state index in [1.807, 2.05) is 0 Å². The molecular weight excluding hydrogens is 264 g/mol. The van der Waals surface area contributed by atoms with Gasteiger partial charge in [0.25, 0.3) is 0 Å². The van der Waals surface area contributed by atoms with Crippen LogP contribution in [0, 0.1) is 0 Å². The number of anilines is 1. The van der Waals surface area contributed by atoms with E-state index in [0.717, 1.165) is 0 Å². The minimum absolute atomic E-state index is 0.0572. The molecular formula is C9H9BrN2O3. The van der Waals surface area contributed by atoms with E-state index < -0.39 is 5.97 Å². The van der Waals surface area contributed by atoms with Gasteiger partial charge in [-0.3, -0.25) is 9.59 Å². The van der Waals surface area contributed by atoms with E-state index in [4.69, 9.17) is 5.11 Å². The maximum atomic E-state index is 11.2. The first kappa shape index (κ1) is 11.6.